The Morgan fingerprint density at radius 2 is 2.00 bits per heavy atom. The Labute approximate surface area is 182 Å². The highest BCUT2D eigenvalue weighted by Gasteiger charge is 2.14. The zero-order valence-electron chi connectivity index (χ0n) is 16.5. The number of aliphatic imine (C=N–C) groups is 1. The summed E-state index contributed by atoms with van der Waals surface area (Å²) in [6.07, 6.45) is 5.46. The molecule has 154 valence electrons. The van der Waals surface area contributed by atoms with Crippen LogP contribution >= 0.6 is 24.0 Å². The number of aryl methyl sites for hydroxylation is 1. The van der Waals surface area contributed by atoms with Crippen LogP contribution < -0.4 is 20.5 Å². The zero-order valence-corrected chi connectivity index (χ0v) is 18.8. The van der Waals surface area contributed by atoms with Crippen LogP contribution in [0.25, 0.3) is 0 Å². The molecule has 3 N–H and O–H groups in total. The number of nitrogens with zero attached hydrogens (tertiary/aromatic N) is 4. The van der Waals surface area contributed by atoms with Crippen LogP contribution in [0.15, 0.2) is 23.2 Å². The third-order valence-corrected chi connectivity index (χ3v) is 4.72. The van der Waals surface area contributed by atoms with Gasteiger partial charge in [-0.1, -0.05) is 12.5 Å². The molecule has 0 bridgehead atoms. The van der Waals surface area contributed by atoms with Crippen molar-refractivity contribution in [2.75, 3.05) is 20.8 Å². The van der Waals surface area contributed by atoms with Crippen molar-refractivity contribution in [1.82, 2.24) is 20.1 Å². The molecule has 0 saturated carbocycles. The molecule has 1 aliphatic rings. The first-order chi connectivity index (χ1) is 13.2. The molecule has 3 rings (SSSR count). The van der Waals surface area contributed by atoms with Gasteiger partial charge in [0.25, 0.3) is 0 Å². The highest BCUT2D eigenvalue weighted by atomic mass is 127. The number of nitrogens with one attached hydrogen (secondary N) is 1. The van der Waals surface area contributed by atoms with Crippen molar-refractivity contribution >= 4 is 29.9 Å². The van der Waals surface area contributed by atoms with E-state index in [1.165, 1.54) is 19.3 Å². The third-order valence-electron chi connectivity index (χ3n) is 4.72. The van der Waals surface area contributed by atoms with E-state index in [0.717, 1.165) is 36.6 Å². The van der Waals surface area contributed by atoms with Gasteiger partial charge in [-0.25, -0.2) is 4.99 Å². The summed E-state index contributed by atoms with van der Waals surface area (Å²) in [5.74, 6) is 3.93. The quantitative estimate of drug-likeness (QED) is 0.344. The molecule has 8 nitrogen and oxygen atoms in total. The van der Waals surface area contributed by atoms with E-state index in [0.29, 0.717) is 30.5 Å². The molecule has 0 radical (unpaired) electrons. The van der Waals surface area contributed by atoms with E-state index in [1.807, 2.05) is 18.2 Å². The minimum atomic E-state index is 0. The molecule has 0 unspecified atom stereocenters. The second kappa shape index (κ2) is 11.1. The van der Waals surface area contributed by atoms with Gasteiger partial charge < -0.3 is 25.1 Å². The molecule has 28 heavy (non-hydrogen) atoms. The molecule has 0 fully saturated rings. The smallest absolute Gasteiger partial charge is 0.188 e. The maximum absolute atomic E-state index is 5.99. The van der Waals surface area contributed by atoms with Crippen LogP contribution in [0.3, 0.4) is 0 Å². The second-order valence-electron chi connectivity index (χ2n) is 6.56. The van der Waals surface area contributed by atoms with Crippen molar-refractivity contribution in [3.63, 3.8) is 0 Å². The molecule has 1 aliphatic heterocycles. The molecule has 0 spiro atoms. The number of rotatable bonds is 7. The second-order valence-corrected chi connectivity index (χ2v) is 6.56. The van der Waals surface area contributed by atoms with Crippen LogP contribution in [0.4, 0.5) is 0 Å². The number of nitrogens with two attached hydrogens (primary N) is 1. The van der Waals surface area contributed by atoms with Gasteiger partial charge in [-0.2, -0.15) is 0 Å². The standard InChI is InChI=1S/C19H28N6O2.HI/c1-26-15-8-7-14(12-16(15)27-2)13-22-19(20)21-10-9-18-24-23-17-6-4-3-5-11-25(17)18;/h7-8,12H,3-6,9-11,13H2,1-2H3,(H3,20,21,22);1H. The van der Waals surface area contributed by atoms with E-state index in [1.54, 1.807) is 14.2 Å². The number of halogens is 1. The lowest BCUT2D eigenvalue weighted by Crippen LogP contribution is -2.33. The van der Waals surface area contributed by atoms with Gasteiger partial charge in [0, 0.05) is 25.9 Å². The van der Waals surface area contributed by atoms with Crippen LogP contribution in [0.1, 0.15) is 36.5 Å². The lowest BCUT2D eigenvalue weighted by molar-refractivity contribution is 0.354. The summed E-state index contributed by atoms with van der Waals surface area (Å²) in [6.45, 7) is 2.17. The van der Waals surface area contributed by atoms with Gasteiger partial charge in [0.05, 0.1) is 20.8 Å². The van der Waals surface area contributed by atoms with Crippen molar-refractivity contribution < 1.29 is 9.47 Å². The summed E-state index contributed by atoms with van der Waals surface area (Å²) >= 11 is 0. The monoisotopic (exact) mass is 500 g/mol. The number of fused-ring (bicyclic) bond motifs is 1. The summed E-state index contributed by atoms with van der Waals surface area (Å²) < 4.78 is 12.8. The maximum Gasteiger partial charge on any atom is 0.188 e. The number of methoxy groups -OCH3 is 2. The maximum atomic E-state index is 5.99. The number of aromatic nitrogens is 3. The first-order valence-electron chi connectivity index (χ1n) is 9.37. The van der Waals surface area contributed by atoms with Crippen molar-refractivity contribution in [2.45, 2.75) is 45.2 Å². The molecule has 2 heterocycles. The summed E-state index contributed by atoms with van der Waals surface area (Å²) in [4.78, 5) is 4.39. The summed E-state index contributed by atoms with van der Waals surface area (Å²) in [5.41, 5.74) is 6.99. The first-order valence-corrected chi connectivity index (χ1v) is 9.37. The van der Waals surface area contributed by atoms with Gasteiger partial charge in [0.1, 0.15) is 11.6 Å². The number of hydrogen-bond donors (Lipinski definition) is 2. The largest absolute Gasteiger partial charge is 0.493 e. The Kier molecular flexibility index (Phi) is 8.81. The van der Waals surface area contributed by atoms with Gasteiger partial charge in [-0.05, 0) is 30.5 Å². The Morgan fingerprint density at radius 3 is 2.79 bits per heavy atom. The van der Waals surface area contributed by atoms with Crippen LogP contribution in [0.2, 0.25) is 0 Å². The minimum absolute atomic E-state index is 0. The summed E-state index contributed by atoms with van der Waals surface area (Å²) in [7, 11) is 3.23. The molecular weight excluding hydrogens is 471 g/mol. The minimum Gasteiger partial charge on any atom is -0.493 e. The van der Waals surface area contributed by atoms with E-state index in [9.17, 15) is 0 Å². The zero-order chi connectivity index (χ0) is 19.1. The SMILES string of the molecule is COc1ccc(CN=C(N)NCCc2nnc3n2CCCCC3)cc1OC.I. The molecule has 0 amide bonds. The van der Waals surface area contributed by atoms with Gasteiger partial charge in [0.15, 0.2) is 17.5 Å². The molecule has 1 aromatic heterocycles. The highest BCUT2D eigenvalue weighted by molar-refractivity contribution is 14.0. The average Bonchev–Trinajstić information content (AvgIpc) is 2.92. The van der Waals surface area contributed by atoms with E-state index >= 15 is 0 Å². The normalized spacial score (nSPS) is 13.9. The van der Waals surface area contributed by atoms with Crippen molar-refractivity contribution in [1.29, 1.82) is 0 Å². The fraction of sp³-hybridized carbons (Fsp3) is 0.526. The van der Waals surface area contributed by atoms with E-state index in [4.69, 9.17) is 15.2 Å². The fourth-order valence-corrected chi connectivity index (χ4v) is 3.24. The van der Waals surface area contributed by atoms with Crippen LogP contribution in [0.5, 0.6) is 11.5 Å². The number of ether oxygens (including phenoxy) is 2. The van der Waals surface area contributed by atoms with E-state index in [-0.39, 0.29) is 24.0 Å². The number of guanidine groups is 1. The number of benzene rings is 1. The van der Waals surface area contributed by atoms with Crippen LogP contribution in [-0.2, 0) is 25.9 Å². The summed E-state index contributed by atoms with van der Waals surface area (Å²) in [5, 5.41) is 11.8. The van der Waals surface area contributed by atoms with Gasteiger partial charge in [-0.3, -0.25) is 0 Å². The van der Waals surface area contributed by atoms with Gasteiger partial charge in [0.2, 0.25) is 0 Å². The Bertz CT molecular complexity index is 793. The molecule has 9 heteroatoms. The van der Waals surface area contributed by atoms with E-state index < -0.39 is 0 Å². The molecular formula is C19H29IN6O2. The van der Waals surface area contributed by atoms with Crippen molar-refractivity contribution in [3.8, 4) is 11.5 Å². The molecule has 0 atom stereocenters. The van der Waals surface area contributed by atoms with E-state index in [2.05, 4.69) is 25.1 Å². The number of hydrogen-bond acceptors (Lipinski definition) is 5. The van der Waals surface area contributed by atoms with Crippen LogP contribution in [-0.4, -0.2) is 41.5 Å². The Morgan fingerprint density at radius 1 is 1.18 bits per heavy atom. The van der Waals surface area contributed by atoms with Crippen LogP contribution in [0, 0.1) is 0 Å². The predicted molar refractivity (Wildman–Crippen MR) is 120 cm³/mol. The van der Waals surface area contributed by atoms with Gasteiger partial charge in [-0.15, -0.1) is 34.2 Å². The summed E-state index contributed by atoms with van der Waals surface area (Å²) in [6, 6.07) is 5.72. The third kappa shape index (κ3) is 5.73. The first kappa shape index (κ1) is 22.3. The highest BCUT2D eigenvalue weighted by Crippen LogP contribution is 2.27. The predicted octanol–water partition coefficient (Wildman–Crippen LogP) is 2.29. The lowest BCUT2D eigenvalue weighted by Gasteiger charge is -2.09. The van der Waals surface area contributed by atoms with Gasteiger partial charge >= 0.3 is 0 Å². The Balaban J connectivity index is 0.00000280. The lowest BCUT2D eigenvalue weighted by atomic mass is 10.2. The fourth-order valence-electron chi connectivity index (χ4n) is 3.24. The van der Waals surface area contributed by atoms with Crippen molar-refractivity contribution in [3.05, 3.63) is 35.4 Å². The molecule has 2 aromatic rings. The molecule has 0 saturated heterocycles. The topological polar surface area (TPSA) is 99.6 Å². The molecule has 0 aliphatic carbocycles. The molecule has 1 aromatic carbocycles. The Hall–Kier alpha value is -2.04. The average molecular weight is 500 g/mol. The van der Waals surface area contributed by atoms with Crippen molar-refractivity contribution in [2.24, 2.45) is 10.7 Å².